The predicted octanol–water partition coefficient (Wildman–Crippen LogP) is 2.47. The lowest BCUT2D eigenvalue weighted by Crippen LogP contribution is -2.51. The van der Waals surface area contributed by atoms with Gasteiger partial charge in [0.05, 0.1) is 29.5 Å². The second-order valence-electron chi connectivity index (χ2n) is 5.48. The van der Waals surface area contributed by atoms with Crippen LogP contribution in [0, 0.1) is 0 Å². The second-order valence-corrected chi connectivity index (χ2v) is 6.36. The SMILES string of the molecule is CCOC(=O)C1=C(COC(=O)c2ccc(SC)cc2)NC(=O)N[C@@H]1CC. The summed E-state index contributed by atoms with van der Waals surface area (Å²) < 4.78 is 10.4. The van der Waals surface area contributed by atoms with Crippen LogP contribution in [-0.4, -0.2) is 43.5 Å². The van der Waals surface area contributed by atoms with Crippen molar-refractivity contribution in [1.82, 2.24) is 10.6 Å². The molecule has 26 heavy (non-hydrogen) atoms. The van der Waals surface area contributed by atoms with Gasteiger partial charge in [-0.1, -0.05) is 6.92 Å². The number of urea groups is 1. The van der Waals surface area contributed by atoms with E-state index < -0.39 is 24.0 Å². The Bertz CT molecular complexity index is 715. The molecular formula is C18H22N2O5S. The van der Waals surface area contributed by atoms with Crippen LogP contribution < -0.4 is 10.6 Å². The lowest BCUT2D eigenvalue weighted by atomic mass is 10.0. The van der Waals surface area contributed by atoms with Crippen molar-refractivity contribution < 1.29 is 23.9 Å². The Morgan fingerprint density at radius 1 is 1.12 bits per heavy atom. The number of ether oxygens (including phenoxy) is 2. The van der Waals surface area contributed by atoms with Crippen molar-refractivity contribution in [2.75, 3.05) is 19.5 Å². The summed E-state index contributed by atoms with van der Waals surface area (Å²) in [4.78, 5) is 37.3. The molecule has 0 saturated carbocycles. The van der Waals surface area contributed by atoms with Gasteiger partial charge in [0.15, 0.2) is 0 Å². The molecule has 7 nitrogen and oxygen atoms in total. The molecule has 2 rings (SSSR count). The van der Waals surface area contributed by atoms with Crippen LogP contribution in [0.3, 0.4) is 0 Å². The van der Waals surface area contributed by atoms with E-state index in [-0.39, 0.29) is 24.5 Å². The molecule has 2 N–H and O–H groups in total. The normalized spacial score (nSPS) is 16.6. The lowest BCUT2D eigenvalue weighted by Gasteiger charge is -2.28. The van der Waals surface area contributed by atoms with Gasteiger partial charge >= 0.3 is 18.0 Å². The van der Waals surface area contributed by atoms with Crippen LogP contribution in [0.2, 0.25) is 0 Å². The van der Waals surface area contributed by atoms with Crippen molar-refractivity contribution in [3.63, 3.8) is 0 Å². The third kappa shape index (κ3) is 4.78. The molecule has 0 fully saturated rings. The predicted molar refractivity (Wildman–Crippen MR) is 97.9 cm³/mol. The van der Waals surface area contributed by atoms with Crippen molar-refractivity contribution in [3.8, 4) is 0 Å². The van der Waals surface area contributed by atoms with Crippen LogP contribution >= 0.6 is 11.8 Å². The van der Waals surface area contributed by atoms with Crippen molar-refractivity contribution in [2.24, 2.45) is 0 Å². The molecule has 0 aliphatic carbocycles. The quantitative estimate of drug-likeness (QED) is 0.559. The number of hydrogen-bond donors (Lipinski definition) is 2. The van der Waals surface area contributed by atoms with Crippen molar-refractivity contribution in [3.05, 3.63) is 41.1 Å². The van der Waals surface area contributed by atoms with Gasteiger partial charge in [0.2, 0.25) is 0 Å². The highest BCUT2D eigenvalue weighted by Crippen LogP contribution is 2.19. The summed E-state index contributed by atoms with van der Waals surface area (Å²) in [5.74, 6) is -1.07. The summed E-state index contributed by atoms with van der Waals surface area (Å²) in [7, 11) is 0. The van der Waals surface area contributed by atoms with Gasteiger partial charge in [-0.25, -0.2) is 14.4 Å². The van der Waals surface area contributed by atoms with Crippen LogP contribution in [0.5, 0.6) is 0 Å². The van der Waals surface area contributed by atoms with Gasteiger partial charge in [-0.3, -0.25) is 0 Å². The standard InChI is InChI=1S/C18H22N2O5S/c1-4-13-15(17(22)24-5-2)14(20-18(23)19-13)10-25-16(21)11-6-8-12(26-3)9-7-11/h6-9,13H,4-5,10H2,1-3H3,(H2,19,20,23)/t13-/m1/s1. The maximum absolute atomic E-state index is 12.3. The van der Waals surface area contributed by atoms with E-state index in [0.717, 1.165) is 4.90 Å². The van der Waals surface area contributed by atoms with E-state index in [2.05, 4.69) is 10.6 Å². The van der Waals surface area contributed by atoms with Gasteiger partial charge in [-0.05, 0) is 43.9 Å². The van der Waals surface area contributed by atoms with Gasteiger partial charge in [0, 0.05) is 4.90 Å². The first-order chi connectivity index (χ1) is 12.5. The Labute approximate surface area is 156 Å². The minimum Gasteiger partial charge on any atom is -0.463 e. The molecule has 140 valence electrons. The Kier molecular flexibility index (Phi) is 7.08. The number of amides is 2. The molecule has 1 aromatic carbocycles. The van der Waals surface area contributed by atoms with E-state index in [1.54, 1.807) is 30.8 Å². The number of hydrogen-bond acceptors (Lipinski definition) is 6. The molecule has 0 unspecified atom stereocenters. The van der Waals surface area contributed by atoms with E-state index in [4.69, 9.17) is 9.47 Å². The Balaban J connectivity index is 2.17. The smallest absolute Gasteiger partial charge is 0.338 e. The molecule has 0 aromatic heterocycles. The first-order valence-electron chi connectivity index (χ1n) is 8.29. The van der Waals surface area contributed by atoms with Gasteiger partial charge in [0.1, 0.15) is 6.61 Å². The summed E-state index contributed by atoms with van der Waals surface area (Å²) in [6.45, 7) is 3.53. The molecule has 1 aliphatic heterocycles. The molecule has 8 heteroatoms. The molecule has 0 radical (unpaired) electrons. The lowest BCUT2D eigenvalue weighted by molar-refractivity contribution is -0.139. The monoisotopic (exact) mass is 378 g/mol. The Morgan fingerprint density at radius 2 is 1.81 bits per heavy atom. The molecule has 1 heterocycles. The topological polar surface area (TPSA) is 93.7 Å². The fourth-order valence-corrected chi connectivity index (χ4v) is 2.93. The fraction of sp³-hybridized carbons (Fsp3) is 0.389. The first-order valence-corrected chi connectivity index (χ1v) is 9.51. The summed E-state index contributed by atoms with van der Waals surface area (Å²) >= 11 is 1.57. The highest BCUT2D eigenvalue weighted by atomic mass is 32.2. The van der Waals surface area contributed by atoms with Crippen LogP contribution in [0.25, 0.3) is 0 Å². The van der Waals surface area contributed by atoms with Gasteiger partial charge in [-0.15, -0.1) is 11.8 Å². The van der Waals surface area contributed by atoms with Crippen LogP contribution in [0.15, 0.2) is 40.4 Å². The number of nitrogens with one attached hydrogen (secondary N) is 2. The number of rotatable bonds is 7. The number of carbonyl (C=O) groups excluding carboxylic acids is 3. The number of carbonyl (C=O) groups is 3. The summed E-state index contributed by atoms with van der Waals surface area (Å²) in [5.41, 5.74) is 0.918. The highest BCUT2D eigenvalue weighted by Gasteiger charge is 2.32. The van der Waals surface area contributed by atoms with Crippen molar-refractivity contribution >= 4 is 29.7 Å². The maximum atomic E-state index is 12.3. The zero-order valence-electron chi connectivity index (χ0n) is 15.0. The molecule has 0 saturated heterocycles. The zero-order valence-corrected chi connectivity index (χ0v) is 15.8. The summed E-state index contributed by atoms with van der Waals surface area (Å²) in [6.07, 6.45) is 2.45. The minimum atomic E-state index is -0.540. The molecule has 1 aliphatic rings. The Morgan fingerprint density at radius 3 is 2.38 bits per heavy atom. The highest BCUT2D eigenvalue weighted by molar-refractivity contribution is 7.98. The van der Waals surface area contributed by atoms with Gasteiger partial charge in [0.25, 0.3) is 0 Å². The molecular weight excluding hydrogens is 356 g/mol. The van der Waals surface area contributed by atoms with Crippen LogP contribution in [0.4, 0.5) is 4.79 Å². The van der Waals surface area contributed by atoms with E-state index in [9.17, 15) is 14.4 Å². The maximum Gasteiger partial charge on any atom is 0.338 e. The van der Waals surface area contributed by atoms with Gasteiger partial charge < -0.3 is 20.1 Å². The average Bonchev–Trinajstić information content (AvgIpc) is 2.65. The molecule has 0 spiro atoms. The average molecular weight is 378 g/mol. The second kappa shape index (κ2) is 9.28. The van der Waals surface area contributed by atoms with Crippen LogP contribution in [-0.2, 0) is 14.3 Å². The van der Waals surface area contributed by atoms with Gasteiger partial charge in [-0.2, -0.15) is 0 Å². The molecule has 1 atom stereocenters. The third-order valence-corrected chi connectivity index (χ3v) is 4.56. The van der Waals surface area contributed by atoms with E-state index in [1.807, 2.05) is 25.3 Å². The van der Waals surface area contributed by atoms with E-state index >= 15 is 0 Å². The van der Waals surface area contributed by atoms with E-state index in [0.29, 0.717) is 12.0 Å². The number of thioether (sulfide) groups is 1. The van der Waals surface area contributed by atoms with Crippen molar-refractivity contribution in [1.29, 1.82) is 0 Å². The molecule has 2 amide bonds. The van der Waals surface area contributed by atoms with Crippen molar-refractivity contribution in [2.45, 2.75) is 31.2 Å². The minimum absolute atomic E-state index is 0.210. The summed E-state index contributed by atoms with van der Waals surface area (Å²) in [5, 5.41) is 5.21. The van der Waals surface area contributed by atoms with Crippen LogP contribution in [0.1, 0.15) is 30.6 Å². The fourth-order valence-electron chi connectivity index (χ4n) is 2.52. The largest absolute Gasteiger partial charge is 0.463 e. The molecule has 1 aromatic rings. The Hall–Kier alpha value is -2.48. The number of benzene rings is 1. The molecule has 0 bridgehead atoms. The van der Waals surface area contributed by atoms with E-state index in [1.165, 1.54) is 0 Å². The number of esters is 2. The first kappa shape index (κ1) is 19.8. The zero-order chi connectivity index (χ0) is 19.1. The third-order valence-electron chi connectivity index (χ3n) is 3.82. The summed E-state index contributed by atoms with van der Waals surface area (Å²) in [6, 6.07) is 6.06.